The first-order valence-electron chi connectivity index (χ1n) is 4.76. The van der Waals surface area contributed by atoms with Crippen molar-refractivity contribution in [3.63, 3.8) is 0 Å². The minimum absolute atomic E-state index is 0.131. The molecule has 0 unspecified atom stereocenters. The first-order valence-corrected chi connectivity index (χ1v) is 4.76. The fourth-order valence-electron chi connectivity index (χ4n) is 1.71. The zero-order valence-electron chi connectivity index (χ0n) is 8.22. The normalized spacial score (nSPS) is 19.2. The number of urea groups is 1. The fourth-order valence-corrected chi connectivity index (χ4v) is 1.71. The predicted octanol–water partition coefficient (Wildman–Crippen LogP) is 0.407. The molecule has 5 heteroatoms. The molecule has 1 aliphatic rings. The molecule has 80 valence electrons. The molecule has 2 amide bonds. The van der Waals surface area contributed by atoms with Crippen LogP contribution in [0, 0.1) is 0 Å². The van der Waals surface area contributed by atoms with Gasteiger partial charge in [-0.1, -0.05) is 6.08 Å². The maximum Gasteiger partial charge on any atom is 0.338 e. The Morgan fingerprint density at radius 1 is 1.64 bits per heavy atom. The molecule has 1 aliphatic heterocycles. The van der Waals surface area contributed by atoms with Crippen molar-refractivity contribution in [3.05, 3.63) is 12.7 Å². The van der Waals surface area contributed by atoms with E-state index in [1.807, 2.05) is 6.08 Å². The van der Waals surface area contributed by atoms with Crippen LogP contribution in [0.3, 0.4) is 0 Å². The number of amides is 2. The van der Waals surface area contributed by atoms with Gasteiger partial charge in [0, 0.05) is 19.6 Å². The molecule has 0 aliphatic carbocycles. The Morgan fingerprint density at radius 3 is 2.64 bits per heavy atom. The van der Waals surface area contributed by atoms with Crippen molar-refractivity contribution < 1.29 is 10.0 Å². The number of likely N-dealkylation sites (tertiary alicyclic amines) is 1. The molecule has 14 heavy (non-hydrogen) atoms. The van der Waals surface area contributed by atoms with Crippen LogP contribution in [0.5, 0.6) is 0 Å². The van der Waals surface area contributed by atoms with E-state index in [9.17, 15) is 10.0 Å². The Bertz CT molecular complexity index is 212. The highest BCUT2D eigenvalue weighted by Gasteiger charge is 2.25. The fraction of sp³-hybridized carbons (Fsp3) is 0.667. The van der Waals surface area contributed by atoms with E-state index in [-0.39, 0.29) is 6.04 Å². The minimum atomic E-state index is -0.771. The van der Waals surface area contributed by atoms with Crippen LogP contribution in [-0.2, 0) is 0 Å². The maximum atomic E-state index is 10.7. The van der Waals surface area contributed by atoms with Crippen molar-refractivity contribution in [1.29, 1.82) is 0 Å². The molecule has 0 saturated carbocycles. The largest absolute Gasteiger partial charge is 0.350 e. The third-order valence-electron chi connectivity index (χ3n) is 2.52. The summed E-state index contributed by atoms with van der Waals surface area (Å²) >= 11 is 0. The van der Waals surface area contributed by atoms with E-state index in [0.717, 1.165) is 32.5 Å². The van der Waals surface area contributed by atoms with Crippen molar-refractivity contribution in [2.75, 3.05) is 19.6 Å². The molecule has 0 atom stereocenters. The second-order valence-electron chi connectivity index (χ2n) is 3.50. The lowest BCUT2D eigenvalue weighted by Gasteiger charge is -2.33. The lowest BCUT2D eigenvalue weighted by molar-refractivity contribution is -0.0889. The van der Waals surface area contributed by atoms with Crippen LogP contribution in [0.2, 0.25) is 0 Å². The molecule has 5 nitrogen and oxygen atoms in total. The molecule has 1 rings (SSSR count). The number of primary amides is 1. The zero-order valence-corrected chi connectivity index (χ0v) is 8.22. The summed E-state index contributed by atoms with van der Waals surface area (Å²) < 4.78 is 0. The molecule has 0 aromatic heterocycles. The SMILES string of the molecule is C=CCN1CCC(N(O)C(N)=O)CC1. The van der Waals surface area contributed by atoms with Crippen molar-refractivity contribution in [2.24, 2.45) is 5.73 Å². The lowest BCUT2D eigenvalue weighted by Crippen LogP contribution is -2.47. The van der Waals surface area contributed by atoms with E-state index in [4.69, 9.17) is 5.73 Å². The third kappa shape index (κ3) is 2.71. The van der Waals surface area contributed by atoms with Crippen molar-refractivity contribution >= 4 is 6.03 Å². The van der Waals surface area contributed by atoms with Gasteiger partial charge in [-0.05, 0) is 12.8 Å². The average molecular weight is 199 g/mol. The van der Waals surface area contributed by atoms with Gasteiger partial charge in [-0.3, -0.25) is 10.1 Å². The minimum Gasteiger partial charge on any atom is -0.350 e. The monoisotopic (exact) mass is 199 g/mol. The molecular formula is C9H17N3O2. The molecule has 0 spiro atoms. The first kappa shape index (κ1) is 11.0. The number of piperidine rings is 1. The average Bonchev–Trinajstić information content (AvgIpc) is 2.18. The van der Waals surface area contributed by atoms with Crippen LogP contribution in [0.25, 0.3) is 0 Å². The van der Waals surface area contributed by atoms with Crippen LogP contribution in [-0.4, -0.2) is 46.9 Å². The quantitative estimate of drug-likeness (QED) is 0.393. The number of hydrogen-bond donors (Lipinski definition) is 2. The Kier molecular flexibility index (Phi) is 3.91. The maximum absolute atomic E-state index is 10.7. The smallest absolute Gasteiger partial charge is 0.338 e. The number of rotatable bonds is 3. The van der Waals surface area contributed by atoms with Crippen LogP contribution in [0.1, 0.15) is 12.8 Å². The summed E-state index contributed by atoms with van der Waals surface area (Å²) in [5.41, 5.74) is 4.97. The number of hydroxylamine groups is 2. The number of nitrogens with zero attached hydrogens (tertiary/aromatic N) is 2. The number of carbonyl (C=O) groups excluding carboxylic acids is 1. The molecule has 0 aromatic carbocycles. The van der Waals surface area contributed by atoms with E-state index in [1.165, 1.54) is 0 Å². The predicted molar refractivity (Wildman–Crippen MR) is 52.9 cm³/mol. The van der Waals surface area contributed by atoms with Gasteiger partial charge < -0.3 is 5.73 Å². The summed E-state index contributed by atoms with van der Waals surface area (Å²) in [4.78, 5) is 12.9. The van der Waals surface area contributed by atoms with Gasteiger partial charge in [0.25, 0.3) is 0 Å². The summed E-state index contributed by atoms with van der Waals surface area (Å²) in [6.45, 7) is 6.24. The van der Waals surface area contributed by atoms with Gasteiger partial charge in [-0.2, -0.15) is 0 Å². The number of carbonyl (C=O) groups is 1. The van der Waals surface area contributed by atoms with Gasteiger partial charge >= 0.3 is 6.03 Å². The van der Waals surface area contributed by atoms with Crippen molar-refractivity contribution in [1.82, 2.24) is 9.96 Å². The Balaban J connectivity index is 2.35. The van der Waals surface area contributed by atoms with Crippen molar-refractivity contribution in [2.45, 2.75) is 18.9 Å². The Labute approximate surface area is 83.7 Å². The summed E-state index contributed by atoms with van der Waals surface area (Å²) in [5, 5.41) is 9.93. The Morgan fingerprint density at radius 2 is 2.21 bits per heavy atom. The van der Waals surface area contributed by atoms with Gasteiger partial charge in [0.05, 0.1) is 6.04 Å². The topological polar surface area (TPSA) is 69.8 Å². The van der Waals surface area contributed by atoms with Gasteiger partial charge in [0.1, 0.15) is 0 Å². The lowest BCUT2D eigenvalue weighted by atomic mass is 10.1. The molecule has 0 bridgehead atoms. The van der Waals surface area contributed by atoms with E-state index >= 15 is 0 Å². The van der Waals surface area contributed by atoms with Gasteiger partial charge in [-0.15, -0.1) is 6.58 Å². The summed E-state index contributed by atoms with van der Waals surface area (Å²) in [5.74, 6) is 0. The van der Waals surface area contributed by atoms with Gasteiger partial charge in [0.15, 0.2) is 0 Å². The van der Waals surface area contributed by atoms with Gasteiger partial charge in [0.2, 0.25) is 0 Å². The number of hydrogen-bond acceptors (Lipinski definition) is 3. The standard InChI is InChI=1S/C9H17N3O2/c1-2-5-11-6-3-8(4-7-11)12(14)9(10)13/h2,8,14H,1,3-7H2,(H2,10,13). The van der Waals surface area contributed by atoms with Crippen LogP contribution in [0.4, 0.5) is 4.79 Å². The zero-order chi connectivity index (χ0) is 10.6. The summed E-state index contributed by atoms with van der Waals surface area (Å²) in [6.07, 6.45) is 3.37. The molecule has 3 N–H and O–H groups in total. The third-order valence-corrected chi connectivity index (χ3v) is 2.52. The molecule has 1 fully saturated rings. The molecule has 1 saturated heterocycles. The summed E-state index contributed by atoms with van der Waals surface area (Å²) in [7, 11) is 0. The first-order chi connectivity index (χ1) is 6.65. The summed E-state index contributed by atoms with van der Waals surface area (Å²) in [6, 6.07) is -0.902. The second-order valence-corrected chi connectivity index (χ2v) is 3.50. The van der Waals surface area contributed by atoms with E-state index in [0.29, 0.717) is 5.06 Å². The van der Waals surface area contributed by atoms with E-state index in [1.54, 1.807) is 0 Å². The molecule has 1 heterocycles. The number of nitrogens with two attached hydrogens (primary N) is 1. The van der Waals surface area contributed by atoms with E-state index in [2.05, 4.69) is 11.5 Å². The van der Waals surface area contributed by atoms with Gasteiger partial charge in [-0.25, -0.2) is 9.86 Å². The molecule has 0 radical (unpaired) electrons. The molecule has 0 aromatic rings. The van der Waals surface area contributed by atoms with Crippen molar-refractivity contribution in [3.8, 4) is 0 Å². The van der Waals surface area contributed by atoms with E-state index < -0.39 is 6.03 Å². The molecular weight excluding hydrogens is 182 g/mol. The highest BCUT2D eigenvalue weighted by atomic mass is 16.5. The highest BCUT2D eigenvalue weighted by Crippen LogP contribution is 2.14. The van der Waals surface area contributed by atoms with Crippen LogP contribution >= 0.6 is 0 Å². The highest BCUT2D eigenvalue weighted by molar-refractivity contribution is 5.70. The van der Waals surface area contributed by atoms with Crippen LogP contribution < -0.4 is 5.73 Å². The Hall–Kier alpha value is -1.07. The van der Waals surface area contributed by atoms with Crippen LogP contribution in [0.15, 0.2) is 12.7 Å². The second kappa shape index (κ2) is 4.97.